The van der Waals surface area contributed by atoms with Gasteiger partial charge in [0, 0.05) is 0 Å². The maximum absolute atomic E-state index is 5.72. The van der Waals surface area contributed by atoms with Crippen molar-refractivity contribution in [3.05, 3.63) is 47.9 Å². The van der Waals surface area contributed by atoms with Gasteiger partial charge in [-0.3, -0.25) is 0 Å². The third-order valence-corrected chi connectivity index (χ3v) is 1.59. The van der Waals surface area contributed by atoms with E-state index in [0.717, 1.165) is 11.1 Å². The Hall–Kier alpha value is -1.04. The van der Waals surface area contributed by atoms with Crippen LogP contribution in [0.3, 0.4) is 0 Å². The van der Waals surface area contributed by atoms with Crippen LogP contribution < -0.4 is 0 Å². The summed E-state index contributed by atoms with van der Waals surface area (Å²) in [6.07, 6.45) is 4.01. The Bertz CT molecular complexity index is 269. The average molecular weight is 144 g/mol. The first-order chi connectivity index (χ1) is 5.24. The molecule has 0 aliphatic heterocycles. The molecule has 0 atom stereocenters. The minimum absolute atomic E-state index is 0.841. The Morgan fingerprint density at radius 2 is 2.09 bits per heavy atom. The van der Waals surface area contributed by atoms with E-state index in [4.69, 9.17) is 6.92 Å². The summed E-state index contributed by atoms with van der Waals surface area (Å²) in [5.41, 5.74) is 3.19. The maximum atomic E-state index is 5.72. The molecule has 0 nitrogen and oxygen atoms in total. The number of rotatable bonds is 1. The molecule has 56 valence electrons. The summed E-state index contributed by atoms with van der Waals surface area (Å²) in [5, 5.41) is 0. The van der Waals surface area contributed by atoms with Gasteiger partial charge < -0.3 is 0 Å². The highest BCUT2D eigenvalue weighted by Crippen LogP contribution is 2.11. The van der Waals surface area contributed by atoms with Gasteiger partial charge in [-0.2, -0.15) is 0 Å². The zero-order valence-corrected chi connectivity index (χ0v) is 6.96. The first-order valence-electron chi connectivity index (χ1n) is 3.73. The minimum Gasteiger partial charge on any atom is -0.0871 e. The summed E-state index contributed by atoms with van der Waals surface area (Å²) in [4.78, 5) is 0. The molecule has 0 saturated heterocycles. The molecule has 1 aromatic carbocycles. The number of aryl methyl sites for hydroxylation is 1. The van der Waals surface area contributed by atoms with E-state index in [0.29, 0.717) is 0 Å². The zero-order chi connectivity index (χ0) is 8.27. The molecule has 0 aromatic heterocycles. The molecule has 0 aliphatic rings. The molecule has 0 heterocycles. The van der Waals surface area contributed by atoms with Crippen molar-refractivity contribution in [2.75, 3.05) is 0 Å². The van der Waals surface area contributed by atoms with Gasteiger partial charge in [-0.05, 0) is 31.9 Å². The van der Waals surface area contributed by atoms with Gasteiger partial charge in [0.1, 0.15) is 0 Å². The number of hydrogen-bond donors (Lipinski definition) is 0. The molecule has 0 unspecified atom stereocenters. The zero-order valence-electron chi connectivity index (χ0n) is 6.96. The summed E-state index contributed by atoms with van der Waals surface area (Å²) in [6, 6.07) is 6.03. The number of hydrogen-bond acceptors (Lipinski definition) is 0. The van der Waals surface area contributed by atoms with Crippen LogP contribution >= 0.6 is 0 Å². The van der Waals surface area contributed by atoms with Crippen LogP contribution in [0.5, 0.6) is 0 Å². The van der Waals surface area contributed by atoms with E-state index in [2.05, 4.69) is 13.0 Å². The van der Waals surface area contributed by atoms with Crippen LogP contribution in [-0.2, 0) is 0 Å². The summed E-state index contributed by atoms with van der Waals surface area (Å²) < 4.78 is 0. The van der Waals surface area contributed by atoms with Crippen molar-refractivity contribution in [1.82, 2.24) is 0 Å². The molecular weight excluding hydrogens is 132 g/mol. The second-order valence-corrected chi connectivity index (χ2v) is 2.63. The second kappa shape index (κ2) is 3.38. The Balaban J connectivity index is 3.12. The van der Waals surface area contributed by atoms with E-state index in [1.807, 2.05) is 31.2 Å². The first-order valence-corrected chi connectivity index (χ1v) is 3.73. The molecule has 0 saturated carbocycles. The van der Waals surface area contributed by atoms with E-state index >= 15 is 0 Å². The third kappa shape index (κ3) is 1.94. The normalized spacial score (nSPS) is 10.8. The average Bonchev–Trinajstić information content (AvgIpc) is 1.98. The lowest BCUT2D eigenvalue weighted by Gasteiger charge is -2.00. The van der Waals surface area contributed by atoms with Crippen molar-refractivity contribution in [1.29, 1.82) is 0 Å². The van der Waals surface area contributed by atoms with Crippen LogP contribution in [0.4, 0.5) is 0 Å². The molecule has 0 amide bonds. The molecular formula is C11H12. The smallest absolute Gasteiger partial charge is 0.000567 e. The largest absolute Gasteiger partial charge is 0.0871 e. The summed E-state index contributed by atoms with van der Waals surface area (Å²) in [6.45, 7) is 9.77. The van der Waals surface area contributed by atoms with Crippen LogP contribution in [0.15, 0.2) is 24.3 Å². The van der Waals surface area contributed by atoms with Gasteiger partial charge in [0.05, 0.1) is 0 Å². The molecule has 0 spiro atoms. The fourth-order valence-electron chi connectivity index (χ4n) is 1.02. The molecule has 0 aliphatic carbocycles. The standard InChI is InChI=1S/C11H12/c1-4-5-11-8-9(2)6-7-10(11)3/h3-8H,1-2H3. The van der Waals surface area contributed by atoms with Crippen molar-refractivity contribution in [2.24, 2.45) is 0 Å². The quantitative estimate of drug-likeness (QED) is 0.568. The summed E-state index contributed by atoms with van der Waals surface area (Å²) >= 11 is 0. The minimum atomic E-state index is 0.841. The SMILES string of the molecule is [CH]c1ccc(C)cc1C=CC. The number of benzene rings is 1. The van der Waals surface area contributed by atoms with E-state index in [1.54, 1.807) is 0 Å². The highest BCUT2D eigenvalue weighted by atomic mass is 14.0. The van der Waals surface area contributed by atoms with Crippen LogP contribution in [0, 0.1) is 13.8 Å². The molecule has 0 bridgehead atoms. The lowest BCUT2D eigenvalue weighted by Crippen LogP contribution is -1.81. The van der Waals surface area contributed by atoms with Crippen LogP contribution in [0.1, 0.15) is 23.6 Å². The van der Waals surface area contributed by atoms with Crippen molar-refractivity contribution in [3.8, 4) is 0 Å². The Labute approximate surface area is 68.6 Å². The molecule has 1 rings (SSSR count). The van der Waals surface area contributed by atoms with E-state index < -0.39 is 0 Å². The van der Waals surface area contributed by atoms with Crippen molar-refractivity contribution < 1.29 is 0 Å². The maximum Gasteiger partial charge on any atom is -0.000567 e. The third-order valence-electron chi connectivity index (χ3n) is 1.59. The molecule has 11 heavy (non-hydrogen) atoms. The second-order valence-electron chi connectivity index (χ2n) is 2.63. The van der Waals surface area contributed by atoms with E-state index in [-0.39, 0.29) is 0 Å². The Morgan fingerprint density at radius 3 is 2.73 bits per heavy atom. The highest BCUT2D eigenvalue weighted by Gasteiger charge is 1.92. The van der Waals surface area contributed by atoms with Gasteiger partial charge >= 0.3 is 0 Å². The molecule has 2 radical (unpaired) electrons. The van der Waals surface area contributed by atoms with Crippen LogP contribution in [0.2, 0.25) is 0 Å². The van der Waals surface area contributed by atoms with Crippen molar-refractivity contribution in [3.63, 3.8) is 0 Å². The molecule has 0 heteroatoms. The van der Waals surface area contributed by atoms with Gasteiger partial charge in [-0.15, -0.1) is 0 Å². The van der Waals surface area contributed by atoms with Gasteiger partial charge in [0.2, 0.25) is 0 Å². The van der Waals surface area contributed by atoms with Crippen molar-refractivity contribution in [2.45, 2.75) is 13.8 Å². The van der Waals surface area contributed by atoms with E-state index in [1.165, 1.54) is 5.56 Å². The van der Waals surface area contributed by atoms with Gasteiger partial charge in [0.15, 0.2) is 0 Å². The number of allylic oxidation sites excluding steroid dienone is 1. The molecule has 1 aromatic rings. The van der Waals surface area contributed by atoms with Gasteiger partial charge in [-0.25, -0.2) is 0 Å². The predicted molar refractivity (Wildman–Crippen MR) is 49.3 cm³/mol. The summed E-state index contributed by atoms with van der Waals surface area (Å²) in [5.74, 6) is 0. The van der Waals surface area contributed by atoms with Gasteiger partial charge in [0.25, 0.3) is 0 Å². The van der Waals surface area contributed by atoms with Crippen LogP contribution in [0.25, 0.3) is 6.08 Å². The Kier molecular flexibility index (Phi) is 2.48. The predicted octanol–water partition coefficient (Wildman–Crippen LogP) is 3.09. The molecule has 0 N–H and O–H groups in total. The summed E-state index contributed by atoms with van der Waals surface area (Å²) in [7, 11) is 0. The fourth-order valence-corrected chi connectivity index (χ4v) is 1.02. The fraction of sp³-hybridized carbons (Fsp3) is 0.182. The Morgan fingerprint density at radius 1 is 1.36 bits per heavy atom. The van der Waals surface area contributed by atoms with Crippen LogP contribution in [-0.4, -0.2) is 0 Å². The van der Waals surface area contributed by atoms with Gasteiger partial charge in [-0.1, -0.05) is 35.9 Å². The highest BCUT2D eigenvalue weighted by molar-refractivity contribution is 5.55. The first kappa shape index (κ1) is 8.06. The van der Waals surface area contributed by atoms with E-state index in [9.17, 15) is 0 Å². The molecule has 0 fully saturated rings. The lowest BCUT2D eigenvalue weighted by atomic mass is 10.1. The lowest BCUT2D eigenvalue weighted by molar-refractivity contribution is 1.43. The monoisotopic (exact) mass is 144 g/mol. The topological polar surface area (TPSA) is 0 Å². The van der Waals surface area contributed by atoms with Crippen molar-refractivity contribution >= 4 is 6.08 Å².